The van der Waals surface area contributed by atoms with Crippen molar-refractivity contribution in [1.82, 2.24) is 4.98 Å². The Hall–Kier alpha value is -0.350. The van der Waals surface area contributed by atoms with Crippen LogP contribution in [0.1, 0.15) is 0 Å². The summed E-state index contributed by atoms with van der Waals surface area (Å²) in [5.74, 6) is 0. The van der Waals surface area contributed by atoms with Crippen LogP contribution in [-0.4, -0.2) is 21.7 Å². The predicted octanol–water partition coefficient (Wildman–Crippen LogP) is 1.32. The van der Waals surface area contributed by atoms with Gasteiger partial charge in [-0.1, -0.05) is 0 Å². The molecule has 1 heterocycles. The molecular weight excluding hydrogens is 174 g/mol. The first-order valence-electron chi connectivity index (χ1n) is 2.43. The summed E-state index contributed by atoms with van der Waals surface area (Å²) < 4.78 is 14.0. The molecule has 0 saturated carbocycles. The summed E-state index contributed by atoms with van der Waals surface area (Å²) in [6, 6.07) is 0. The molecule has 0 fully saturated rings. The van der Waals surface area contributed by atoms with Crippen LogP contribution in [0.5, 0.6) is 0 Å². The first-order chi connectivity index (χ1) is 4.63. The number of aromatic nitrogens is 1. The van der Waals surface area contributed by atoms with Crippen LogP contribution in [-0.2, 0) is 10.8 Å². The molecule has 0 aromatic carbocycles. The maximum absolute atomic E-state index is 9.56. The fourth-order valence-electron chi connectivity index (χ4n) is 0.206. The average Bonchev–Trinajstić information content (AvgIpc) is 2.15. The van der Waals surface area contributed by atoms with Crippen molar-refractivity contribution in [2.24, 2.45) is 0 Å². The Morgan fingerprint density at radius 1 is 1.70 bits per heavy atom. The van der Waals surface area contributed by atoms with Gasteiger partial charge in [0, 0.05) is 23.3 Å². The molecule has 3 nitrogen and oxygen atoms in total. The van der Waals surface area contributed by atoms with Gasteiger partial charge in [0.1, 0.15) is 6.26 Å². The van der Waals surface area contributed by atoms with Gasteiger partial charge in [-0.25, -0.2) is 4.98 Å². The molecule has 0 spiro atoms. The monoisotopic (exact) mass is 181 g/mol. The number of rotatable bonds is 0. The van der Waals surface area contributed by atoms with E-state index in [2.05, 4.69) is 9.40 Å². The van der Waals surface area contributed by atoms with Gasteiger partial charge in [-0.3, -0.25) is 4.21 Å². The van der Waals surface area contributed by atoms with Crippen molar-refractivity contribution >= 4 is 22.4 Å². The van der Waals surface area contributed by atoms with E-state index in [4.69, 9.17) is 11.6 Å². The van der Waals surface area contributed by atoms with Gasteiger partial charge in [0.05, 0.1) is 6.20 Å². The van der Waals surface area contributed by atoms with Gasteiger partial charge in [0.15, 0.2) is 0 Å². The summed E-state index contributed by atoms with van der Waals surface area (Å²) in [6.07, 6.45) is 6.19. The molecule has 0 N–H and O–H groups in total. The van der Waals surface area contributed by atoms with Crippen molar-refractivity contribution < 1.29 is 8.63 Å². The maximum Gasteiger partial charge on any atom is 0.291 e. The Labute approximate surface area is 66.9 Å². The number of nitrogens with zero attached hydrogens (tertiary/aromatic N) is 1. The molecule has 0 saturated heterocycles. The summed E-state index contributed by atoms with van der Waals surface area (Å²) in [4.78, 5) is 3.52. The van der Waals surface area contributed by atoms with Crippen molar-refractivity contribution in [1.29, 1.82) is 0 Å². The third kappa shape index (κ3) is 7.65. The molecular formula is C5H8ClNO2S. The number of oxazole rings is 1. The fraction of sp³-hybridized carbons (Fsp3) is 0.400. The number of halogens is 1. The second-order valence-electron chi connectivity index (χ2n) is 1.53. The summed E-state index contributed by atoms with van der Waals surface area (Å²) in [5.41, 5.74) is 0. The molecule has 1 aromatic rings. The van der Waals surface area contributed by atoms with Crippen LogP contribution >= 0.6 is 11.6 Å². The number of hydrogen-bond acceptors (Lipinski definition) is 3. The highest BCUT2D eigenvalue weighted by molar-refractivity contribution is 7.83. The van der Waals surface area contributed by atoms with Crippen molar-refractivity contribution in [2.75, 3.05) is 12.5 Å². The summed E-state index contributed by atoms with van der Waals surface area (Å²) in [6.45, 7) is 0. The van der Waals surface area contributed by atoms with E-state index in [1.165, 1.54) is 12.5 Å². The topological polar surface area (TPSA) is 43.1 Å². The fourth-order valence-corrected chi connectivity index (χ4v) is 0.314. The van der Waals surface area contributed by atoms with Gasteiger partial charge in [-0.05, 0) is 11.6 Å². The van der Waals surface area contributed by atoms with E-state index in [0.29, 0.717) is 0 Å². The van der Waals surface area contributed by atoms with Crippen molar-refractivity contribution in [3.05, 3.63) is 17.8 Å². The van der Waals surface area contributed by atoms with E-state index >= 15 is 0 Å². The summed E-state index contributed by atoms with van der Waals surface area (Å²) >= 11 is 5.18. The zero-order chi connectivity index (χ0) is 7.98. The van der Waals surface area contributed by atoms with E-state index < -0.39 is 10.8 Å². The van der Waals surface area contributed by atoms with Gasteiger partial charge < -0.3 is 4.42 Å². The molecule has 0 radical (unpaired) electrons. The Kier molecular flexibility index (Phi) is 5.25. The lowest BCUT2D eigenvalue weighted by molar-refractivity contribution is 0.560. The quantitative estimate of drug-likeness (QED) is 0.607. The summed E-state index contributed by atoms with van der Waals surface area (Å²) in [5, 5.41) is 0.190. The maximum atomic E-state index is 9.56. The van der Waals surface area contributed by atoms with E-state index in [1.54, 1.807) is 12.5 Å². The van der Waals surface area contributed by atoms with Crippen molar-refractivity contribution in [3.8, 4) is 0 Å². The molecule has 0 atom stereocenters. The van der Waals surface area contributed by atoms with Gasteiger partial charge in [-0.2, -0.15) is 0 Å². The largest absolute Gasteiger partial charge is 0.436 e. The highest BCUT2D eigenvalue weighted by Gasteiger charge is 1.81. The molecule has 0 unspecified atom stereocenters. The lowest BCUT2D eigenvalue weighted by Crippen LogP contribution is -1.70. The molecule has 0 amide bonds. The molecule has 0 bridgehead atoms. The van der Waals surface area contributed by atoms with Crippen molar-refractivity contribution in [3.63, 3.8) is 0 Å². The van der Waals surface area contributed by atoms with Gasteiger partial charge in [0.2, 0.25) is 0 Å². The molecule has 58 valence electrons. The van der Waals surface area contributed by atoms with E-state index in [-0.39, 0.29) is 5.35 Å². The minimum absolute atomic E-state index is 0.190. The predicted molar refractivity (Wildman–Crippen MR) is 41.5 cm³/mol. The highest BCUT2D eigenvalue weighted by Crippen LogP contribution is 1.99. The third-order valence-corrected chi connectivity index (χ3v) is 0.589. The lowest BCUT2D eigenvalue weighted by Gasteiger charge is -1.63. The van der Waals surface area contributed by atoms with Crippen LogP contribution in [0.4, 0.5) is 0 Å². The van der Waals surface area contributed by atoms with Gasteiger partial charge in [-0.15, -0.1) is 0 Å². The molecule has 0 aliphatic carbocycles. The smallest absolute Gasteiger partial charge is 0.291 e. The normalized spacial score (nSPS) is 8.80. The van der Waals surface area contributed by atoms with Crippen LogP contribution in [0.15, 0.2) is 16.9 Å². The van der Waals surface area contributed by atoms with Crippen molar-refractivity contribution in [2.45, 2.75) is 0 Å². The first-order valence-corrected chi connectivity index (χ1v) is 4.77. The highest BCUT2D eigenvalue weighted by atomic mass is 35.5. The van der Waals surface area contributed by atoms with Gasteiger partial charge >= 0.3 is 0 Å². The minimum Gasteiger partial charge on any atom is -0.436 e. The lowest BCUT2D eigenvalue weighted by atomic mass is 11.0. The number of hydrogen-bond donors (Lipinski definition) is 0. The molecule has 1 rings (SSSR count). The molecule has 5 heteroatoms. The Bertz CT molecular complexity index is 184. The summed E-state index contributed by atoms with van der Waals surface area (Å²) in [7, 11) is -0.611. The molecule has 0 aliphatic rings. The second kappa shape index (κ2) is 5.44. The molecule has 1 aromatic heterocycles. The minimum atomic E-state index is -0.611. The average molecular weight is 182 g/mol. The van der Waals surface area contributed by atoms with Crippen LogP contribution in [0.3, 0.4) is 0 Å². The standard InChI is InChI=1S/C3H2ClNO.C2H6OS/c4-3-5-1-2-6-3;1-4(2)3/h1-2H;1-2H3. The SMILES string of the molecule is CS(C)=O.Clc1ncco1. The first kappa shape index (κ1) is 9.65. The molecule has 10 heavy (non-hydrogen) atoms. The molecule has 0 aliphatic heterocycles. The second-order valence-corrected chi connectivity index (χ2v) is 3.33. The van der Waals surface area contributed by atoms with Gasteiger partial charge in [0.25, 0.3) is 5.35 Å². The Balaban J connectivity index is 0.000000180. The third-order valence-electron chi connectivity index (χ3n) is 0.402. The van der Waals surface area contributed by atoms with E-state index in [9.17, 15) is 4.21 Å². The van der Waals surface area contributed by atoms with E-state index in [0.717, 1.165) is 0 Å². The Morgan fingerprint density at radius 3 is 2.30 bits per heavy atom. The Morgan fingerprint density at radius 2 is 2.20 bits per heavy atom. The zero-order valence-corrected chi connectivity index (χ0v) is 7.28. The zero-order valence-electron chi connectivity index (χ0n) is 5.70. The van der Waals surface area contributed by atoms with Crippen LogP contribution < -0.4 is 0 Å². The van der Waals surface area contributed by atoms with Crippen LogP contribution in [0.2, 0.25) is 5.35 Å². The van der Waals surface area contributed by atoms with Crippen LogP contribution in [0.25, 0.3) is 0 Å². The van der Waals surface area contributed by atoms with E-state index in [1.807, 2.05) is 0 Å². The van der Waals surface area contributed by atoms with Crippen LogP contribution in [0, 0.1) is 0 Å².